The highest BCUT2D eigenvalue weighted by Gasteiger charge is 2.15. The topological polar surface area (TPSA) is 55.1 Å². The summed E-state index contributed by atoms with van der Waals surface area (Å²) in [6, 6.07) is 6.08. The molecule has 17 heavy (non-hydrogen) atoms. The molecule has 2 rings (SSSR count). The molecule has 1 heterocycles. The maximum atomic E-state index is 11.9. The number of rotatable bonds is 3. The van der Waals surface area contributed by atoms with Gasteiger partial charge in [-0.3, -0.25) is 4.79 Å². The molecular weight excluding hydrogens is 232 g/mol. The first-order chi connectivity index (χ1) is 8.13. The molecule has 0 aliphatic heterocycles. The van der Waals surface area contributed by atoms with Crippen molar-refractivity contribution in [2.75, 3.05) is 12.3 Å². The standard InChI is InChI=1S/C13H16N2OS/c1-3-6-15-13(16)12-11(14)9-7-8(2)4-5-10(9)17-12/h4-5,7H,3,6,14H2,1-2H3,(H,15,16). The van der Waals surface area contributed by atoms with Crippen LogP contribution in [0.3, 0.4) is 0 Å². The van der Waals surface area contributed by atoms with Crippen LogP contribution in [0.25, 0.3) is 10.1 Å². The van der Waals surface area contributed by atoms with Gasteiger partial charge in [0, 0.05) is 16.6 Å². The summed E-state index contributed by atoms with van der Waals surface area (Å²) in [5, 5.41) is 3.84. The molecule has 1 aromatic carbocycles. The van der Waals surface area contributed by atoms with Gasteiger partial charge in [0.1, 0.15) is 4.88 Å². The summed E-state index contributed by atoms with van der Waals surface area (Å²) in [4.78, 5) is 12.5. The number of nitrogens with two attached hydrogens (primary N) is 1. The molecule has 0 bridgehead atoms. The molecule has 0 saturated carbocycles. The number of aryl methyl sites for hydroxylation is 1. The molecule has 3 nitrogen and oxygen atoms in total. The van der Waals surface area contributed by atoms with Crippen LogP contribution in [0.5, 0.6) is 0 Å². The van der Waals surface area contributed by atoms with Crippen LogP contribution < -0.4 is 11.1 Å². The third-order valence-electron chi connectivity index (χ3n) is 2.62. The zero-order valence-electron chi connectivity index (χ0n) is 10.0. The van der Waals surface area contributed by atoms with E-state index in [-0.39, 0.29) is 5.91 Å². The first kappa shape index (κ1) is 11.9. The first-order valence-electron chi connectivity index (χ1n) is 5.70. The summed E-state index contributed by atoms with van der Waals surface area (Å²) in [6.07, 6.45) is 0.926. The van der Waals surface area contributed by atoms with Gasteiger partial charge in [-0.1, -0.05) is 18.6 Å². The van der Waals surface area contributed by atoms with Crippen molar-refractivity contribution in [1.82, 2.24) is 5.32 Å². The zero-order valence-corrected chi connectivity index (χ0v) is 10.9. The fourth-order valence-corrected chi connectivity index (χ4v) is 2.74. The van der Waals surface area contributed by atoms with Gasteiger partial charge in [-0.2, -0.15) is 0 Å². The molecule has 1 amide bonds. The van der Waals surface area contributed by atoms with Crippen molar-refractivity contribution < 1.29 is 4.79 Å². The van der Waals surface area contributed by atoms with Gasteiger partial charge in [0.15, 0.2) is 0 Å². The second kappa shape index (κ2) is 4.75. The minimum atomic E-state index is -0.0665. The summed E-state index contributed by atoms with van der Waals surface area (Å²) in [5.74, 6) is -0.0665. The number of anilines is 1. The number of nitrogen functional groups attached to an aromatic ring is 1. The number of carbonyl (C=O) groups excluding carboxylic acids is 1. The van der Waals surface area contributed by atoms with E-state index in [1.165, 1.54) is 11.3 Å². The van der Waals surface area contributed by atoms with Crippen molar-refractivity contribution in [1.29, 1.82) is 0 Å². The molecular formula is C13H16N2OS. The largest absolute Gasteiger partial charge is 0.397 e. The summed E-state index contributed by atoms with van der Waals surface area (Å²) in [7, 11) is 0. The number of amides is 1. The number of fused-ring (bicyclic) bond motifs is 1. The van der Waals surface area contributed by atoms with E-state index in [0.29, 0.717) is 17.1 Å². The Morgan fingerprint density at radius 2 is 2.24 bits per heavy atom. The van der Waals surface area contributed by atoms with Crippen molar-refractivity contribution in [2.45, 2.75) is 20.3 Å². The van der Waals surface area contributed by atoms with Gasteiger partial charge in [0.2, 0.25) is 0 Å². The lowest BCUT2D eigenvalue weighted by Crippen LogP contribution is -2.23. The Kier molecular flexibility index (Phi) is 3.33. The van der Waals surface area contributed by atoms with E-state index < -0.39 is 0 Å². The van der Waals surface area contributed by atoms with Crippen molar-refractivity contribution in [3.05, 3.63) is 28.6 Å². The molecule has 4 heteroatoms. The normalized spacial score (nSPS) is 10.7. The van der Waals surface area contributed by atoms with E-state index >= 15 is 0 Å². The van der Waals surface area contributed by atoms with Crippen LogP contribution in [0.1, 0.15) is 28.6 Å². The van der Waals surface area contributed by atoms with E-state index in [9.17, 15) is 4.79 Å². The number of hydrogen-bond acceptors (Lipinski definition) is 3. The highest BCUT2D eigenvalue weighted by molar-refractivity contribution is 7.21. The molecule has 0 atom stereocenters. The maximum Gasteiger partial charge on any atom is 0.263 e. The molecule has 0 radical (unpaired) electrons. The Hall–Kier alpha value is -1.55. The van der Waals surface area contributed by atoms with Gasteiger partial charge in [0.25, 0.3) is 5.91 Å². The Morgan fingerprint density at radius 1 is 1.47 bits per heavy atom. The molecule has 1 aromatic heterocycles. The SMILES string of the molecule is CCCNC(=O)c1sc2ccc(C)cc2c1N. The molecule has 0 aliphatic rings. The number of hydrogen-bond donors (Lipinski definition) is 2. The lowest BCUT2D eigenvalue weighted by atomic mass is 10.1. The van der Waals surface area contributed by atoms with E-state index in [1.807, 2.05) is 32.0 Å². The van der Waals surface area contributed by atoms with Crippen LogP contribution in [0, 0.1) is 6.92 Å². The maximum absolute atomic E-state index is 11.9. The van der Waals surface area contributed by atoms with Crippen LogP contribution in [0.15, 0.2) is 18.2 Å². The Balaban J connectivity index is 2.42. The molecule has 0 saturated heterocycles. The zero-order chi connectivity index (χ0) is 12.4. The second-order valence-electron chi connectivity index (χ2n) is 4.10. The second-order valence-corrected chi connectivity index (χ2v) is 5.15. The number of thiophene rings is 1. The summed E-state index contributed by atoms with van der Waals surface area (Å²) in [5.41, 5.74) is 7.78. The molecule has 90 valence electrons. The third-order valence-corrected chi connectivity index (χ3v) is 3.81. The fourth-order valence-electron chi connectivity index (χ4n) is 1.72. The highest BCUT2D eigenvalue weighted by atomic mass is 32.1. The lowest BCUT2D eigenvalue weighted by Gasteiger charge is -2.01. The van der Waals surface area contributed by atoms with Gasteiger partial charge < -0.3 is 11.1 Å². The van der Waals surface area contributed by atoms with Gasteiger partial charge >= 0.3 is 0 Å². The van der Waals surface area contributed by atoms with E-state index in [4.69, 9.17) is 5.73 Å². The van der Waals surface area contributed by atoms with Crippen LogP contribution in [-0.4, -0.2) is 12.5 Å². The van der Waals surface area contributed by atoms with Gasteiger partial charge in [-0.15, -0.1) is 11.3 Å². The van der Waals surface area contributed by atoms with E-state index in [2.05, 4.69) is 5.32 Å². The van der Waals surface area contributed by atoms with Crippen LogP contribution in [0.4, 0.5) is 5.69 Å². The number of nitrogens with one attached hydrogen (secondary N) is 1. The third kappa shape index (κ3) is 2.26. The number of carbonyl (C=O) groups is 1. The van der Waals surface area contributed by atoms with Crippen molar-refractivity contribution >= 4 is 33.0 Å². The predicted octanol–water partition coefficient (Wildman–Crippen LogP) is 2.93. The first-order valence-corrected chi connectivity index (χ1v) is 6.52. The molecule has 0 fully saturated rings. The monoisotopic (exact) mass is 248 g/mol. The Bertz CT molecular complexity index is 560. The molecule has 0 spiro atoms. The van der Waals surface area contributed by atoms with Gasteiger partial charge in [-0.05, 0) is 25.5 Å². The molecule has 0 unspecified atom stereocenters. The minimum Gasteiger partial charge on any atom is -0.397 e. The van der Waals surface area contributed by atoms with Crippen LogP contribution >= 0.6 is 11.3 Å². The van der Waals surface area contributed by atoms with Crippen LogP contribution in [-0.2, 0) is 0 Å². The number of benzene rings is 1. The van der Waals surface area contributed by atoms with Crippen molar-refractivity contribution in [3.63, 3.8) is 0 Å². The molecule has 0 aliphatic carbocycles. The Morgan fingerprint density at radius 3 is 2.94 bits per heavy atom. The summed E-state index contributed by atoms with van der Waals surface area (Å²) < 4.78 is 1.06. The fraction of sp³-hybridized carbons (Fsp3) is 0.308. The average molecular weight is 248 g/mol. The van der Waals surface area contributed by atoms with Crippen molar-refractivity contribution in [2.24, 2.45) is 0 Å². The van der Waals surface area contributed by atoms with Gasteiger partial charge in [0.05, 0.1) is 5.69 Å². The quantitative estimate of drug-likeness (QED) is 0.877. The van der Waals surface area contributed by atoms with E-state index in [0.717, 1.165) is 22.1 Å². The van der Waals surface area contributed by atoms with E-state index in [1.54, 1.807) is 0 Å². The molecule has 2 aromatic rings. The average Bonchev–Trinajstić information content (AvgIpc) is 2.64. The van der Waals surface area contributed by atoms with Crippen molar-refractivity contribution in [3.8, 4) is 0 Å². The molecule has 3 N–H and O–H groups in total. The summed E-state index contributed by atoms with van der Waals surface area (Å²) in [6.45, 7) is 4.73. The summed E-state index contributed by atoms with van der Waals surface area (Å²) >= 11 is 1.45. The highest BCUT2D eigenvalue weighted by Crippen LogP contribution is 2.34. The minimum absolute atomic E-state index is 0.0665. The van der Waals surface area contributed by atoms with Crippen LogP contribution in [0.2, 0.25) is 0 Å². The lowest BCUT2D eigenvalue weighted by molar-refractivity contribution is 0.0958. The smallest absolute Gasteiger partial charge is 0.263 e. The Labute approximate surface area is 105 Å². The predicted molar refractivity (Wildman–Crippen MR) is 73.6 cm³/mol. The van der Waals surface area contributed by atoms with Gasteiger partial charge in [-0.25, -0.2) is 0 Å².